The fourth-order valence-corrected chi connectivity index (χ4v) is 5.65. The van der Waals surface area contributed by atoms with Crippen LogP contribution in [0, 0.1) is 0 Å². The Morgan fingerprint density at radius 2 is 1.60 bits per heavy atom. The van der Waals surface area contributed by atoms with Crippen molar-refractivity contribution in [1.29, 1.82) is 0 Å². The van der Waals surface area contributed by atoms with Gasteiger partial charge in [-0.1, -0.05) is 36.9 Å². The smallest absolute Gasteiger partial charge is 0.332 e. The van der Waals surface area contributed by atoms with E-state index < -0.39 is 11.2 Å². The van der Waals surface area contributed by atoms with Crippen LogP contribution < -0.4 is 25.5 Å². The lowest BCUT2D eigenvalue weighted by Gasteiger charge is -2.24. The van der Waals surface area contributed by atoms with E-state index >= 15 is 0 Å². The number of nitrogens with zero attached hydrogens (tertiary/aromatic N) is 4. The van der Waals surface area contributed by atoms with Crippen molar-refractivity contribution in [2.24, 2.45) is 14.1 Å². The summed E-state index contributed by atoms with van der Waals surface area (Å²) in [6.45, 7) is 5.09. The Bertz CT molecular complexity index is 1650. The molecule has 2 aromatic heterocycles. The van der Waals surface area contributed by atoms with Gasteiger partial charge in [0.05, 0.1) is 19.8 Å². The summed E-state index contributed by atoms with van der Waals surface area (Å²) in [6, 6.07) is 11.5. The molecule has 0 bridgehead atoms. The van der Waals surface area contributed by atoms with E-state index in [0.717, 1.165) is 41.4 Å². The number of benzene rings is 2. The van der Waals surface area contributed by atoms with Gasteiger partial charge in [-0.2, -0.15) is 4.98 Å². The minimum absolute atomic E-state index is 0.222. The average Bonchev–Trinajstić information content (AvgIpc) is 3.31. The van der Waals surface area contributed by atoms with Crippen molar-refractivity contribution in [2.45, 2.75) is 58.4 Å². The topological polar surface area (TPSA) is 89.5 Å². The molecule has 1 aliphatic rings. The molecule has 2 heterocycles. The second kappa shape index (κ2) is 11.8. The van der Waals surface area contributed by atoms with Gasteiger partial charge in [0.15, 0.2) is 22.7 Å². The maximum Gasteiger partial charge on any atom is 0.332 e. The zero-order valence-electron chi connectivity index (χ0n) is 23.4. The zero-order valence-corrected chi connectivity index (χ0v) is 24.2. The van der Waals surface area contributed by atoms with E-state index in [2.05, 4.69) is 4.98 Å². The maximum atomic E-state index is 13.4. The van der Waals surface area contributed by atoms with Crippen LogP contribution in [0.2, 0.25) is 5.02 Å². The van der Waals surface area contributed by atoms with Crippen LogP contribution in [-0.2, 0) is 20.6 Å². The molecule has 0 amide bonds. The number of hydrogen-bond acceptors (Lipinski definition) is 6. The van der Waals surface area contributed by atoms with Crippen molar-refractivity contribution in [3.05, 3.63) is 73.4 Å². The van der Waals surface area contributed by atoms with E-state index in [1.54, 1.807) is 17.7 Å². The van der Waals surface area contributed by atoms with E-state index in [-0.39, 0.29) is 23.7 Å². The maximum absolute atomic E-state index is 13.4. The average molecular weight is 567 g/mol. The van der Waals surface area contributed by atoms with Gasteiger partial charge in [-0.3, -0.25) is 18.5 Å². The molecule has 9 nitrogen and oxygen atoms in total. The van der Waals surface area contributed by atoms with Gasteiger partial charge in [0.25, 0.3) is 5.56 Å². The molecule has 0 spiro atoms. The lowest BCUT2D eigenvalue weighted by atomic mass is 9.84. The molecule has 1 fully saturated rings. The molecule has 5 rings (SSSR count). The number of aryl methyl sites for hydroxylation is 1. The van der Waals surface area contributed by atoms with Crippen LogP contribution in [0.4, 0.5) is 0 Å². The highest BCUT2D eigenvalue weighted by Crippen LogP contribution is 2.40. The molecule has 0 saturated heterocycles. The van der Waals surface area contributed by atoms with Crippen LogP contribution in [0.25, 0.3) is 11.2 Å². The van der Waals surface area contributed by atoms with Crippen molar-refractivity contribution < 1.29 is 14.2 Å². The number of hydrogen-bond donors (Lipinski definition) is 0. The first-order chi connectivity index (χ1) is 19.3. The molecule has 10 heteroatoms. The lowest BCUT2D eigenvalue weighted by molar-refractivity contribution is 0.287. The Morgan fingerprint density at radius 3 is 2.33 bits per heavy atom. The van der Waals surface area contributed by atoms with Gasteiger partial charge in [-0.15, -0.1) is 0 Å². The number of ether oxygens (including phenoxy) is 3. The van der Waals surface area contributed by atoms with Crippen LogP contribution >= 0.6 is 11.6 Å². The molecule has 0 aliphatic heterocycles. The van der Waals surface area contributed by atoms with Gasteiger partial charge in [-0.25, -0.2) is 4.79 Å². The van der Waals surface area contributed by atoms with Crippen LogP contribution in [-0.4, -0.2) is 31.9 Å². The largest absolute Gasteiger partial charge is 0.490 e. The van der Waals surface area contributed by atoms with Crippen molar-refractivity contribution in [2.75, 3.05) is 13.2 Å². The van der Waals surface area contributed by atoms with Crippen molar-refractivity contribution >= 4 is 22.8 Å². The normalized spacial score (nSPS) is 14.0. The van der Waals surface area contributed by atoms with E-state index in [4.69, 9.17) is 25.8 Å². The molecule has 2 aromatic carbocycles. The quantitative estimate of drug-likeness (QED) is 0.255. The van der Waals surface area contributed by atoms with Crippen molar-refractivity contribution in [3.8, 4) is 23.3 Å². The molecule has 1 saturated carbocycles. The standard InChI is InChI=1S/C30H35ClN4O5/c1-5-38-24-14-12-19(16-25(24)39-6-2)18-35-26-27(33(3)30(37)34(4)28(26)36)32-29(35)40-23-15-13-21(31)17-22(23)20-10-8-7-9-11-20/h12-17,20H,5-11,18H2,1-4H3. The number of fused-ring (bicyclic) bond motifs is 1. The summed E-state index contributed by atoms with van der Waals surface area (Å²) >= 11 is 6.41. The SMILES string of the molecule is CCOc1ccc(Cn2c(Oc3ccc(Cl)cc3C3CCCCC3)nc3c2c(=O)n(C)c(=O)n3C)cc1OCC. The summed E-state index contributed by atoms with van der Waals surface area (Å²) in [5.41, 5.74) is 1.53. The Hall–Kier alpha value is -3.72. The van der Waals surface area contributed by atoms with Crippen molar-refractivity contribution in [3.63, 3.8) is 0 Å². The molecule has 0 unspecified atom stereocenters. The van der Waals surface area contributed by atoms with Crippen LogP contribution in [0.3, 0.4) is 0 Å². The Labute approximate surface area is 237 Å². The highest BCUT2D eigenvalue weighted by Gasteiger charge is 2.24. The summed E-state index contributed by atoms with van der Waals surface area (Å²) in [5, 5.41) is 0.649. The summed E-state index contributed by atoms with van der Waals surface area (Å²) < 4.78 is 22.2. The first kappa shape index (κ1) is 27.8. The molecular weight excluding hydrogens is 532 g/mol. The predicted octanol–water partition coefficient (Wildman–Crippen LogP) is 5.77. The molecule has 0 radical (unpaired) electrons. The minimum Gasteiger partial charge on any atom is -0.490 e. The molecule has 0 N–H and O–H groups in total. The predicted molar refractivity (Wildman–Crippen MR) is 155 cm³/mol. The highest BCUT2D eigenvalue weighted by molar-refractivity contribution is 6.30. The van der Waals surface area contributed by atoms with Gasteiger partial charge < -0.3 is 14.2 Å². The monoisotopic (exact) mass is 566 g/mol. The summed E-state index contributed by atoms with van der Waals surface area (Å²) in [4.78, 5) is 30.8. The van der Waals surface area contributed by atoms with Crippen LogP contribution in [0.15, 0.2) is 46.0 Å². The van der Waals surface area contributed by atoms with Gasteiger partial charge in [-0.05, 0) is 74.1 Å². The number of rotatable bonds is 9. The van der Waals surface area contributed by atoms with Gasteiger partial charge in [0, 0.05) is 19.1 Å². The molecule has 1 aliphatic carbocycles. The van der Waals surface area contributed by atoms with Crippen LogP contribution in [0.5, 0.6) is 23.3 Å². The first-order valence-electron chi connectivity index (χ1n) is 13.8. The molecule has 40 heavy (non-hydrogen) atoms. The van der Waals surface area contributed by atoms with Crippen molar-refractivity contribution in [1.82, 2.24) is 18.7 Å². The van der Waals surface area contributed by atoms with Gasteiger partial charge in [0.1, 0.15) is 5.75 Å². The van der Waals surface area contributed by atoms with E-state index in [1.165, 1.54) is 18.0 Å². The van der Waals surface area contributed by atoms with E-state index in [1.807, 2.05) is 44.2 Å². The highest BCUT2D eigenvalue weighted by atomic mass is 35.5. The summed E-state index contributed by atoms with van der Waals surface area (Å²) in [6.07, 6.45) is 5.68. The third-order valence-corrected chi connectivity index (χ3v) is 7.71. The fraction of sp³-hybridized carbons (Fsp3) is 0.433. The Morgan fingerprint density at radius 1 is 0.900 bits per heavy atom. The lowest BCUT2D eigenvalue weighted by Crippen LogP contribution is -2.37. The number of aromatic nitrogens is 4. The summed E-state index contributed by atoms with van der Waals surface area (Å²) in [5.74, 6) is 2.25. The molecule has 212 valence electrons. The fourth-order valence-electron chi connectivity index (χ4n) is 5.47. The second-order valence-electron chi connectivity index (χ2n) is 10.1. The van der Waals surface area contributed by atoms with Crippen LogP contribution in [0.1, 0.15) is 63.0 Å². The van der Waals surface area contributed by atoms with Gasteiger partial charge >= 0.3 is 11.7 Å². The number of halogens is 1. The van der Waals surface area contributed by atoms with Gasteiger partial charge in [0.2, 0.25) is 0 Å². The Kier molecular flexibility index (Phi) is 8.21. The molecular formula is C30H35ClN4O5. The zero-order chi connectivity index (χ0) is 28.4. The minimum atomic E-state index is -0.456. The second-order valence-corrected chi connectivity index (χ2v) is 10.6. The molecule has 0 atom stereocenters. The Balaban J connectivity index is 1.65. The third kappa shape index (κ3) is 5.35. The molecule has 4 aromatic rings. The van der Waals surface area contributed by atoms with E-state index in [0.29, 0.717) is 41.4 Å². The first-order valence-corrected chi connectivity index (χ1v) is 14.2. The number of imidazole rings is 1. The van der Waals surface area contributed by atoms with E-state index in [9.17, 15) is 9.59 Å². The summed E-state index contributed by atoms with van der Waals surface area (Å²) in [7, 11) is 3.07. The third-order valence-electron chi connectivity index (χ3n) is 7.48.